The summed E-state index contributed by atoms with van der Waals surface area (Å²) in [5.74, 6) is -0.673. The summed E-state index contributed by atoms with van der Waals surface area (Å²) in [6.07, 6.45) is 0.0835. The highest BCUT2D eigenvalue weighted by atomic mass is 32.1. The molecule has 0 radical (unpaired) electrons. The van der Waals surface area contributed by atoms with Crippen molar-refractivity contribution in [3.8, 4) is 5.75 Å². The molecule has 2 aromatic rings. The van der Waals surface area contributed by atoms with Crippen LogP contribution in [0.1, 0.15) is 24.8 Å². The fourth-order valence-corrected chi connectivity index (χ4v) is 2.93. The van der Waals surface area contributed by atoms with E-state index >= 15 is 0 Å². The molecule has 4 heteroatoms. The van der Waals surface area contributed by atoms with E-state index in [1.807, 2.05) is 18.4 Å². The standard InChI is InChI=1S/C12H12O3S/c1-7(5-11(14)15)8-6-16-10-4-2-3-9(13)12(8)10/h2-4,6-7,13H,5H2,1H3,(H,14,15). The molecule has 1 aromatic heterocycles. The van der Waals surface area contributed by atoms with Crippen LogP contribution in [0, 0.1) is 0 Å². The third-order valence-corrected chi connectivity index (χ3v) is 3.58. The summed E-state index contributed by atoms with van der Waals surface area (Å²) in [7, 11) is 0. The fourth-order valence-electron chi connectivity index (χ4n) is 1.83. The third-order valence-electron chi connectivity index (χ3n) is 2.62. The molecular weight excluding hydrogens is 224 g/mol. The van der Waals surface area contributed by atoms with Crippen molar-refractivity contribution in [3.63, 3.8) is 0 Å². The van der Waals surface area contributed by atoms with Gasteiger partial charge in [0, 0.05) is 10.1 Å². The lowest BCUT2D eigenvalue weighted by Crippen LogP contribution is -2.02. The first-order valence-electron chi connectivity index (χ1n) is 5.00. The first-order chi connectivity index (χ1) is 7.59. The predicted octanol–water partition coefficient (Wildman–Crippen LogP) is 3.19. The van der Waals surface area contributed by atoms with Gasteiger partial charge >= 0.3 is 5.97 Å². The Balaban J connectivity index is 2.48. The van der Waals surface area contributed by atoms with Crippen molar-refractivity contribution in [1.82, 2.24) is 0 Å². The number of carboxylic acid groups (broad SMARTS) is 1. The zero-order valence-corrected chi connectivity index (χ0v) is 9.62. The van der Waals surface area contributed by atoms with Crippen molar-refractivity contribution in [3.05, 3.63) is 29.1 Å². The molecule has 0 fully saturated rings. The van der Waals surface area contributed by atoms with E-state index in [0.717, 1.165) is 15.6 Å². The Morgan fingerprint density at radius 3 is 2.94 bits per heavy atom. The Morgan fingerprint density at radius 2 is 2.25 bits per heavy atom. The van der Waals surface area contributed by atoms with E-state index in [4.69, 9.17) is 5.11 Å². The summed E-state index contributed by atoms with van der Waals surface area (Å²) in [4.78, 5) is 10.7. The summed E-state index contributed by atoms with van der Waals surface area (Å²) in [6, 6.07) is 5.35. The van der Waals surface area contributed by atoms with Crippen molar-refractivity contribution in [2.24, 2.45) is 0 Å². The third kappa shape index (κ3) is 1.88. The highest BCUT2D eigenvalue weighted by Gasteiger charge is 2.16. The summed E-state index contributed by atoms with van der Waals surface area (Å²) >= 11 is 1.53. The number of phenolic OH excluding ortho intramolecular Hbond substituents is 1. The number of phenols is 1. The summed E-state index contributed by atoms with van der Waals surface area (Å²) in [6.45, 7) is 1.86. The number of aromatic hydroxyl groups is 1. The quantitative estimate of drug-likeness (QED) is 0.860. The molecule has 1 atom stereocenters. The second-order valence-corrected chi connectivity index (χ2v) is 4.75. The van der Waals surface area contributed by atoms with E-state index in [1.165, 1.54) is 11.3 Å². The Labute approximate surface area is 97.0 Å². The summed E-state index contributed by atoms with van der Waals surface area (Å²) in [5, 5.41) is 21.3. The van der Waals surface area contributed by atoms with E-state index in [1.54, 1.807) is 12.1 Å². The van der Waals surface area contributed by atoms with Crippen LogP contribution in [-0.2, 0) is 4.79 Å². The van der Waals surface area contributed by atoms with Gasteiger partial charge in [0.25, 0.3) is 0 Å². The SMILES string of the molecule is CC(CC(=O)O)c1csc2cccc(O)c12. The van der Waals surface area contributed by atoms with E-state index < -0.39 is 5.97 Å². The Bertz CT molecular complexity index is 530. The van der Waals surface area contributed by atoms with E-state index in [9.17, 15) is 9.90 Å². The second-order valence-electron chi connectivity index (χ2n) is 3.84. The van der Waals surface area contributed by atoms with E-state index in [-0.39, 0.29) is 18.1 Å². The molecule has 3 nitrogen and oxygen atoms in total. The maximum Gasteiger partial charge on any atom is 0.303 e. The van der Waals surface area contributed by atoms with Gasteiger partial charge in [-0.2, -0.15) is 0 Å². The number of fused-ring (bicyclic) bond motifs is 1. The van der Waals surface area contributed by atoms with Crippen molar-refractivity contribution in [1.29, 1.82) is 0 Å². The van der Waals surface area contributed by atoms with E-state index in [2.05, 4.69) is 0 Å². The number of aliphatic carboxylic acids is 1. The molecule has 0 aliphatic carbocycles. The molecule has 0 aliphatic rings. The van der Waals surface area contributed by atoms with Gasteiger partial charge in [0.1, 0.15) is 5.75 Å². The molecule has 0 saturated heterocycles. The molecule has 0 spiro atoms. The van der Waals surface area contributed by atoms with Crippen LogP contribution in [0.4, 0.5) is 0 Å². The van der Waals surface area contributed by atoms with Crippen LogP contribution >= 0.6 is 11.3 Å². The molecule has 1 aromatic carbocycles. The van der Waals surface area contributed by atoms with Crippen LogP contribution in [0.5, 0.6) is 5.75 Å². The van der Waals surface area contributed by atoms with Crippen LogP contribution in [0.2, 0.25) is 0 Å². The van der Waals surface area contributed by atoms with E-state index in [0.29, 0.717) is 0 Å². The van der Waals surface area contributed by atoms with Gasteiger partial charge < -0.3 is 10.2 Å². The lowest BCUT2D eigenvalue weighted by molar-refractivity contribution is -0.137. The van der Waals surface area contributed by atoms with Gasteiger partial charge in [0.05, 0.1) is 6.42 Å². The average molecular weight is 236 g/mol. The second kappa shape index (κ2) is 4.14. The minimum atomic E-state index is -0.817. The van der Waals surface area contributed by atoms with Crippen LogP contribution in [0.15, 0.2) is 23.6 Å². The summed E-state index contributed by atoms with van der Waals surface area (Å²) < 4.78 is 0.993. The molecule has 16 heavy (non-hydrogen) atoms. The first kappa shape index (κ1) is 11.0. The highest BCUT2D eigenvalue weighted by Crippen LogP contribution is 2.37. The number of hydrogen-bond donors (Lipinski definition) is 2. The zero-order chi connectivity index (χ0) is 11.7. The highest BCUT2D eigenvalue weighted by molar-refractivity contribution is 7.17. The van der Waals surface area contributed by atoms with Crippen LogP contribution in [0.25, 0.3) is 10.1 Å². The fraction of sp³-hybridized carbons (Fsp3) is 0.250. The molecule has 2 N–H and O–H groups in total. The number of thiophene rings is 1. The molecule has 0 amide bonds. The molecule has 1 unspecified atom stereocenters. The normalized spacial score (nSPS) is 12.8. The van der Waals surface area contributed by atoms with Crippen LogP contribution in [-0.4, -0.2) is 16.2 Å². The average Bonchev–Trinajstić information content (AvgIpc) is 2.61. The van der Waals surface area contributed by atoms with Crippen LogP contribution in [0.3, 0.4) is 0 Å². The lowest BCUT2D eigenvalue weighted by atomic mass is 9.97. The number of carbonyl (C=O) groups is 1. The first-order valence-corrected chi connectivity index (χ1v) is 5.88. The lowest BCUT2D eigenvalue weighted by Gasteiger charge is -2.08. The maximum absolute atomic E-state index is 10.7. The molecule has 2 rings (SSSR count). The van der Waals surface area contributed by atoms with Gasteiger partial charge in [-0.05, 0) is 29.0 Å². The van der Waals surface area contributed by atoms with Gasteiger partial charge in [0.2, 0.25) is 0 Å². The maximum atomic E-state index is 10.7. The van der Waals surface area contributed by atoms with Gasteiger partial charge in [-0.25, -0.2) is 0 Å². The van der Waals surface area contributed by atoms with Crippen molar-refractivity contribution >= 4 is 27.4 Å². The number of rotatable bonds is 3. The molecule has 0 saturated carbocycles. The molecule has 0 bridgehead atoms. The number of hydrogen-bond acceptors (Lipinski definition) is 3. The topological polar surface area (TPSA) is 57.5 Å². The Hall–Kier alpha value is -1.55. The molecule has 1 heterocycles. The smallest absolute Gasteiger partial charge is 0.303 e. The zero-order valence-electron chi connectivity index (χ0n) is 8.80. The van der Waals surface area contributed by atoms with Gasteiger partial charge in [-0.3, -0.25) is 4.79 Å². The minimum absolute atomic E-state index is 0.0835. The van der Waals surface area contributed by atoms with Crippen molar-refractivity contribution < 1.29 is 15.0 Å². The molecule has 84 valence electrons. The minimum Gasteiger partial charge on any atom is -0.507 e. The molecule has 0 aliphatic heterocycles. The largest absolute Gasteiger partial charge is 0.507 e. The predicted molar refractivity (Wildman–Crippen MR) is 64.2 cm³/mol. The van der Waals surface area contributed by atoms with Gasteiger partial charge in [-0.15, -0.1) is 11.3 Å². The van der Waals surface area contributed by atoms with Crippen molar-refractivity contribution in [2.45, 2.75) is 19.3 Å². The van der Waals surface area contributed by atoms with Gasteiger partial charge in [-0.1, -0.05) is 13.0 Å². The Kier molecular flexibility index (Phi) is 2.83. The molecular formula is C12H12O3S. The Morgan fingerprint density at radius 1 is 1.50 bits per heavy atom. The van der Waals surface area contributed by atoms with Gasteiger partial charge in [0.15, 0.2) is 0 Å². The van der Waals surface area contributed by atoms with Crippen molar-refractivity contribution in [2.75, 3.05) is 0 Å². The van der Waals surface area contributed by atoms with Crippen LogP contribution < -0.4 is 0 Å². The number of carboxylic acids is 1. The summed E-state index contributed by atoms with van der Waals surface area (Å²) in [5.41, 5.74) is 0.917. The number of benzene rings is 1. The monoisotopic (exact) mass is 236 g/mol.